The number of allylic oxidation sites excluding steroid dienone is 1. The summed E-state index contributed by atoms with van der Waals surface area (Å²) < 4.78 is 18.1. The lowest BCUT2D eigenvalue weighted by Crippen LogP contribution is -2.37. The smallest absolute Gasteiger partial charge is 0.227 e. The predicted molar refractivity (Wildman–Crippen MR) is 134 cm³/mol. The van der Waals surface area contributed by atoms with E-state index in [1.165, 1.54) is 16.2 Å². The molecule has 4 aliphatic rings. The summed E-state index contributed by atoms with van der Waals surface area (Å²) in [6.45, 7) is 4.18. The molecule has 7 nitrogen and oxygen atoms in total. The molecule has 0 amide bonds. The number of piperidine rings is 1. The van der Waals surface area contributed by atoms with Gasteiger partial charge in [0, 0.05) is 61.0 Å². The van der Waals surface area contributed by atoms with Crippen LogP contribution in [-0.2, 0) is 22.0 Å². The van der Waals surface area contributed by atoms with Gasteiger partial charge in [-0.2, -0.15) is 4.98 Å². The number of nitrogens with one attached hydrogen (secondary N) is 1. The number of thiophene rings is 1. The van der Waals surface area contributed by atoms with Gasteiger partial charge in [0.25, 0.3) is 0 Å². The van der Waals surface area contributed by atoms with Gasteiger partial charge in [0.05, 0.1) is 23.0 Å². The second kappa shape index (κ2) is 9.27. The molecule has 1 N–H and O–H groups in total. The first-order valence-corrected chi connectivity index (χ1v) is 14.1. The predicted octanol–water partition coefficient (Wildman–Crippen LogP) is 3.55. The average Bonchev–Trinajstić information content (AvgIpc) is 3.61. The number of fused-ring (bicyclic) bond motifs is 1. The lowest BCUT2D eigenvalue weighted by Gasteiger charge is -2.32. The normalized spacial score (nSPS) is 24.0. The molecule has 174 valence electrons. The van der Waals surface area contributed by atoms with Crippen molar-refractivity contribution < 1.29 is 8.95 Å². The largest absolute Gasteiger partial charge is 0.381 e. The minimum absolute atomic E-state index is 0.318. The Morgan fingerprint density at radius 1 is 1.15 bits per heavy atom. The van der Waals surface area contributed by atoms with Crippen LogP contribution < -0.4 is 10.2 Å². The highest BCUT2D eigenvalue weighted by Gasteiger charge is 2.31. The number of anilines is 2. The van der Waals surface area contributed by atoms with Crippen LogP contribution in [0.25, 0.3) is 5.57 Å². The van der Waals surface area contributed by atoms with Gasteiger partial charge in [0.2, 0.25) is 5.95 Å². The highest BCUT2D eigenvalue weighted by molar-refractivity contribution is 7.85. The quantitative estimate of drug-likeness (QED) is 0.701. The summed E-state index contributed by atoms with van der Waals surface area (Å²) in [6, 6.07) is 4.61. The highest BCUT2D eigenvalue weighted by Crippen LogP contribution is 2.33. The van der Waals surface area contributed by atoms with Crippen LogP contribution >= 0.6 is 11.3 Å². The zero-order valence-corrected chi connectivity index (χ0v) is 20.3. The fourth-order valence-electron chi connectivity index (χ4n) is 5.14. The monoisotopic (exact) mass is 483 g/mol. The van der Waals surface area contributed by atoms with Gasteiger partial charge in [-0.15, -0.1) is 11.3 Å². The molecular weight excluding hydrogens is 454 g/mol. The Hall–Kier alpha value is -2.10. The maximum atomic E-state index is 12.7. The first-order valence-electron chi connectivity index (χ1n) is 11.9. The van der Waals surface area contributed by atoms with Crippen molar-refractivity contribution in [3.63, 3.8) is 0 Å². The van der Waals surface area contributed by atoms with Crippen molar-refractivity contribution in [1.29, 1.82) is 0 Å². The summed E-state index contributed by atoms with van der Waals surface area (Å²) in [4.78, 5) is 19.1. The molecule has 9 heteroatoms. The number of hydrogen-bond acceptors (Lipinski definition) is 8. The fraction of sp³-hybridized carbons (Fsp3) is 0.542. The van der Waals surface area contributed by atoms with Crippen molar-refractivity contribution in [2.75, 3.05) is 48.8 Å². The Kier molecular flexibility index (Phi) is 6.02. The minimum atomic E-state index is -1.01. The first kappa shape index (κ1) is 21.4. The van der Waals surface area contributed by atoms with Gasteiger partial charge in [0.1, 0.15) is 10.7 Å². The number of nitrogens with zero attached hydrogens (tertiary/aromatic N) is 4. The maximum Gasteiger partial charge on any atom is 0.227 e. The summed E-state index contributed by atoms with van der Waals surface area (Å²) in [7, 11) is -1.01. The van der Waals surface area contributed by atoms with Crippen LogP contribution in [0.3, 0.4) is 0 Å². The van der Waals surface area contributed by atoms with Crippen molar-refractivity contribution in [1.82, 2.24) is 9.97 Å². The second-order valence-corrected chi connectivity index (χ2v) is 11.6. The zero-order chi connectivity index (χ0) is 22.2. The first-order chi connectivity index (χ1) is 16.2. The SMILES string of the molecule is O=S1CCc2nc(N3CCC(C4=NCC(c5cccs5)=C4)CC3)nc(NC3CCOCC3)c21. The van der Waals surface area contributed by atoms with Crippen LogP contribution in [0.2, 0.25) is 0 Å². The van der Waals surface area contributed by atoms with E-state index in [2.05, 4.69) is 33.8 Å². The molecule has 4 aliphatic heterocycles. The van der Waals surface area contributed by atoms with Gasteiger partial charge in [-0.25, -0.2) is 4.98 Å². The number of aliphatic imine (C=N–C) groups is 1. The van der Waals surface area contributed by atoms with Gasteiger partial charge >= 0.3 is 0 Å². The summed E-state index contributed by atoms with van der Waals surface area (Å²) in [5.41, 5.74) is 3.56. The molecule has 1 unspecified atom stereocenters. The standard InChI is InChI=1S/C24H29N5O2S2/c30-33-13-7-19-22(33)23(26-18-5-10-31-11-6-18)28-24(27-19)29-8-3-16(4-9-29)20-14-17(15-25-20)21-2-1-12-32-21/h1-2,12,14,16,18H,3-11,13,15H2,(H,26,27,28). The molecule has 0 aromatic carbocycles. The molecule has 0 aliphatic carbocycles. The fourth-order valence-corrected chi connectivity index (χ4v) is 7.19. The van der Waals surface area contributed by atoms with E-state index < -0.39 is 10.8 Å². The van der Waals surface area contributed by atoms with Crippen LogP contribution in [0.4, 0.5) is 11.8 Å². The van der Waals surface area contributed by atoms with E-state index in [0.29, 0.717) is 17.7 Å². The van der Waals surface area contributed by atoms with Gasteiger partial charge < -0.3 is 15.0 Å². The summed E-state index contributed by atoms with van der Waals surface area (Å²) in [6.07, 6.45) is 7.10. The number of ether oxygens (including phenoxy) is 1. The van der Waals surface area contributed by atoms with Crippen LogP contribution in [0, 0.1) is 5.92 Å². The topological polar surface area (TPSA) is 79.7 Å². The van der Waals surface area contributed by atoms with Crippen molar-refractivity contribution in [3.05, 3.63) is 34.2 Å². The van der Waals surface area contributed by atoms with E-state index in [-0.39, 0.29) is 0 Å². The van der Waals surface area contributed by atoms with Crippen LogP contribution in [0.5, 0.6) is 0 Å². The molecule has 2 saturated heterocycles. The minimum Gasteiger partial charge on any atom is -0.381 e. The molecule has 0 spiro atoms. The zero-order valence-electron chi connectivity index (χ0n) is 18.7. The summed E-state index contributed by atoms with van der Waals surface area (Å²) >= 11 is 1.79. The molecule has 2 aromatic heterocycles. The van der Waals surface area contributed by atoms with Gasteiger partial charge in [-0.05, 0) is 48.8 Å². The second-order valence-electron chi connectivity index (χ2n) is 9.13. The van der Waals surface area contributed by atoms with E-state index in [4.69, 9.17) is 19.7 Å². The van der Waals surface area contributed by atoms with E-state index >= 15 is 0 Å². The highest BCUT2D eigenvalue weighted by atomic mass is 32.2. The van der Waals surface area contributed by atoms with E-state index in [0.717, 1.165) is 87.3 Å². The molecule has 0 bridgehead atoms. The van der Waals surface area contributed by atoms with Crippen LogP contribution in [-0.4, -0.2) is 64.5 Å². The Morgan fingerprint density at radius 3 is 2.79 bits per heavy atom. The lowest BCUT2D eigenvalue weighted by molar-refractivity contribution is 0.0903. The Balaban J connectivity index is 1.16. The van der Waals surface area contributed by atoms with Crippen molar-refractivity contribution in [2.45, 2.75) is 43.0 Å². The molecule has 2 aromatic rings. The maximum absolute atomic E-state index is 12.7. The average molecular weight is 484 g/mol. The molecule has 0 radical (unpaired) electrons. The Labute approximate surface area is 200 Å². The van der Waals surface area contributed by atoms with E-state index in [1.807, 2.05) is 0 Å². The number of hydrogen-bond donors (Lipinski definition) is 1. The molecule has 6 heterocycles. The van der Waals surface area contributed by atoms with E-state index in [1.54, 1.807) is 11.3 Å². The molecule has 1 atom stereocenters. The van der Waals surface area contributed by atoms with E-state index in [9.17, 15) is 4.21 Å². The van der Waals surface area contributed by atoms with Gasteiger partial charge in [-0.1, -0.05) is 6.07 Å². The van der Waals surface area contributed by atoms with Crippen molar-refractivity contribution in [3.8, 4) is 0 Å². The number of aryl methyl sites for hydroxylation is 1. The molecule has 2 fully saturated rings. The molecule has 6 rings (SSSR count). The van der Waals surface area contributed by atoms with Crippen LogP contribution in [0.15, 0.2) is 33.5 Å². The van der Waals surface area contributed by atoms with Crippen LogP contribution in [0.1, 0.15) is 36.3 Å². The third-order valence-corrected chi connectivity index (χ3v) is 9.43. The molecular formula is C24H29N5O2S2. The van der Waals surface area contributed by atoms with Crippen molar-refractivity contribution >= 4 is 45.2 Å². The molecule has 0 saturated carbocycles. The van der Waals surface area contributed by atoms with Crippen molar-refractivity contribution in [2.24, 2.45) is 10.9 Å². The number of rotatable bonds is 5. The lowest BCUT2D eigenvalue weighted by atomic mass is 9.91. The third kappa shape index (κ3) is 4.38. The molecule has 33 heavy (non-hydrogen) atoms. The Morgan fingerprint density at radius 2 is 2.00 bits per heavy atom. The van der Waals surface area contributed by atoms with Gasteiger partial charge in [0.15, 0.2) is 0 Å². The Bertz CT molecular complexity index is 1100. The third-order valence-electron chi connectivity index (χ3n) is 7.03. The summed E-state index contributed by atoms with van der Waals surface area (Å²) in [5.74, 6) is 2.71. The van der Waals surface area contributed by atoms with Gasteiger partial charge in [-0.3, -0.25) is 9.20 Å². The number of aromatic nitrogens is 2. The summed E-state index contributed by atoms with van der Waals surface area (Å²) in [5, 5.41) is 5.72.